The molecule has 0 unspecified atom stereocenters. The first kappa shape index (κ1) is 17.1. The maximum absolute atomic E-state index is 9.59. The first-order valence-corrected chi connectivity index (χ1v) is 9.32. The van der Waals surface area contributed by atoms with Gasteiger partial charge in [0.1, 0.15) is 11.1 Å². The number of aromatic nitrogens is 1. The molecule has 1 aliphatic rings. The normalized spacial score (nSPS) is 13.5. The van der Waals surface area contributed by atoms with E-state index in [4.69, 9.17) is 9.47 Å². The van der Waals surface area contributed by atoms with Gasteiger partial charge in [-0.25, -0.2) is 4.98 Å². The van der Waals surface area contributed by atoms with E-state index < -0.39 is 0 Å². The third-order valence-electron chi connectivity index (χ3n) is 4.09. The van der Waals surface area contributed by atoms with E-state index in [2.05, 4.69) is 11.1 Å². The highest BCUT2D eigenvalue weighted by atomic mass is 32.1. The standard InChI is InChI=1S/C22H16N2O2S/c1-15(9-16-5-3-2-4-6-16)10-18(12-23)22-24-19(13-27-22)17-7-8-20-21(11-17)26-14-25-20/h2-11,13H,14H2,1H3. The Morgan fingerprint density at radius 2 is 1.96 bits per heavy atom. The average molecular weight is 372 g/mol. The zero-order chi connectivity index (χ0) is 18.6. The molecule has 0 saturated heterocycles. The molecular formula is C22H16N2O2S. The fourth-order valence-electron chi connectivity index (χ4n) is 2.81. The topological polar surface area (TPSA) is 55.1 Å². The molecule has 27 heavy (non-hydrogen) atoms. The summed E-state index contributed by atoms with van der Waals surface area (Å²) in [5.74, 6) is 1.47. The van der Waals surface area contributed by atoms with Gasteiger partial charge in [0.25, 0.3) is 0 Å². The molecule has 132 valence electrons. The number of nitriles is 1. The minimum absolute atomic E-state index is 0.245. The van der Waals surface area contributed by atoms with Gasteiger partial charge < -0.3 is 9.47 Å². The van der Waals surface area contributed by atoms with Crippen molar-refractivity contribution in [2.45, 2.75) is 6.92 Å². The molecule has 0 aliphatic carbocycles. The average Bonchev–Trinajstić information content (AvgIpc) is 3.35. The van der Waals surface area contributed by atoms with Gasteiger partial charge in [0.15, 0.2) is 11.5 Å². The van der Waals surface area contributed by atoms with Crippen LogP contribution in [-0.4, -0.2) is 11.8 Å². The van der Waals surface area contributed by atoms with Crippen molar-refractivity contribution >= 4 is 23.0 Å². The summed E-state index contributed by atoms with van der Waals surface area (Å²) in [5, 5.41) is 12.2. The fraction of sp³-hybridized carbons (Fsp3) is 0.0909. The van der Waals surface area contributed by atoms with E-state index in [1.54, 1.807) is 0 Å². The molecule has 0 saturated carbocycles. The number of hydrogen-bond acceptors (Lipinski definition) is 5. The quantitative estimate of drug-likeness (QED) is 0.445. The Kier molecular flexibility index (Phi) is 4.73. The lowest BCUT2D eigenvalue weighted by Crippen LogP contribution is -1.92. The number of hydrogen-bond donors (Lipinski definition) is 0. The number of thiazole rings is 1. The minimum Gasteiger partial charge on any atom is -0.454 e. The van der Waals surface area contributed by atoms with Gasteiger partial charge in [-0.2, -0.15) is 5.26 Å². The molecule has 3 aromatic rings. The molecule has 1 aliphatic heterocycles. The number of allylic oxidation sites excluding steroid dienone is 3. The van der Waals surface area contributed by atoms with Crippen LogP contribution in [0.2, 0.25) is 0 Å². The second-order valence-electron chi connectivity index (χ2n) is 6.07. The number of ether oxygens (including phenoxy) is 2. The van der Waals surface area contributed by atoms with Crippen LogP contribution in [0.4, 0.5) is 0 Å². The van der Waals surface area contributed by atoms with Crippen molar-refractivity contribution in [3.05, 3.63) is 76.1 Å². The monoisotopic (exact) mass is 372 g/mol. The first-order chi connectivity index (χ1) is 13.2. The molecule has 1 aromatic heterocycles. The summed E-state index contributed by atoms with van der Waals surface area (Å²) in [6.45, 7) is 2.23. The van der Waals surface area contributed by atoms with Gasteiger partial charge in [0.05, 0.1) is 11.3 Å². The summed E-state index contributed by atoms with van der Waals surface area (Å²) in [4.78, 5) is 4.64. The van der Waals surface area contributed by atoms with Crippen molar-refractivity contribution in [2.75, 3.05) is 6.79 Å². The maximum Gasteiger partial charge on any atom is 0.231 e. The number of rotatable bonds is 4. The molecule has 4 nitrogen and oxygen atoms in total. The van der Waals surface area contributed by atoms with Crippen molar-refractivity contribution < 1.29 is 9.47 Å². The molecule has 0 spiro atoms. The van der Waals surface area contributed by atoms with Gasteiger partial charge in [0, 0.05) is 10.9 Å². The Labute approximate surface area is 161 Å². The third-order valence-corrected chi connectivity index (χ3v) is 4.96. The van der Waals surface area contributed by atoms with E-state index in [-0.39, 0.29) is 6.79 Å². The highest BCUT2D eigenvalue weighted by Gasteiger charge is 2.15. The molecule has 0 N–H and O–H groups in total. The second kappa shape index (κ2) is 7.48. The van der Waals surface area contributed by atoms with Crippen LogP contribution in [0.1, 0.15) is 17.5 Å². The van der Waals surface area contributed by atoms with E-state index >= 15 is 0 Å². The molecule has 4 rings (SSSR count). The van der Waals surface area contributed by atoms with Crippen LogP contribution < -0.4 is 9.47 Å². The molecular weight excluding hydrogens is 356 g/mol. The zero-order valence-corrected chi connectivity index (χ0v) is 15.5. The van der Waals surface area contributed by atoms with Crippen molar-refractivity contribution in [1.29, 1.82) is 5.26 Å². The molecule has 0 bridgehead atoms. The van der Waals surface area contributed by atoms with E-state index in [1.807, 2.05) is 73.0 Å². The highest BCUT2D eigenvalue weighted by Crippen LogP contribution is 2.36. The van der Waals surface area contributed by atoms with Gasteiger partial charge in [-0.15, -0.1) is 11.3 Å². The third kappa shape index (κ3) is 3.76. The molecule has 5 heteroatoms. The molecule has 0 atom stereocenters. The van der Waals surface area contributed by atoms with Crippen LogP contribution in [0, 0.1) is 11.3 Å². The van der Waals surface area contributed by atoms with Crippen molar-refractivity contribution in [2.24, 2.45) is 0 Å². The molecule has 0 fully saturated rings. The zero-order valence-electron chi connectivity index (χ0n) is 14.7. The highest BCUT2D eigenvalue weighted by molar-refractivity contribution is 7.11. The van der Waals surface area contributed by atoms with Crippen molar-refractivity contribution in [3.63, 3.8) is 0 Å². The summed E-state index contributed by atoms with van der Waals surface area (Å²) in [6.07, 6.45) is 3.92. The van der Waals surface area contributed by atoms with E-state index in [9.17, 15) is 5.26 Å². The maximum atomic E-state index is 9.59. The Balaban J connectivity index is 1.61. The van der Waals surface area contributed by atoms with Gasteiger partial charge >= 0.3 is 0 Å². The molecule has 0 radical (unpaired) electrons. The van der Waals surface area contributed by atoms with E-state index in [1.165, 1.54) is 11.3 Å². The predicted octanol–water partition coefficient (Wildman–Crippen LogP) is 5.55. The van der Waals surface area contributed by atoms with Gasteiger partial charge in [0.2, 0.25) is 6.79 Å². The van der Waals surface area contributed by atoms with E-state index in [0.29, 0.717) is 10.6 Å². The lowest BCUT2D eigenvalue weighted by molar-refractivity contribution is 0.174. The summed E-state index contributed by atoms with van der Waals surface area (Å²) >= 11 is 1.46. The summed E-state index contributed by atoms with van der Waals surface area (Å²) in [5.41, 5.74) is 4.41. The van der Waals surface area contributed by atoms with Crippen molar-refractivity contribution in [1.82, 2.24) is 4.98 Å². The summed E-state index contributed by atoms with van der Waals surface area (Å²) in [6, 6.07) is 18.0. The Morgan fingerprint density at radius 1 is 1.15 bits per heavy atom. The molecule has 2 heterocycles. The van der Waals surface area contributed by atoms with Crippen LogP contribution in [0.5, 0.6) is 11.5 Å². The van der Waals surface area contributed by atoms with Crippen LogP contribution in [0.15, 0.2) is 65.6 Å². The second-order valence-corrected chi connectivity index (χ2v) is 6.93. The van der Waals surface area contributed by atoms with Crippen LogP contribution in [0.25, 0.3) is 22.9 Å². The number of benzene rings is 2. The predicted molar refractivity (Wildman–Crippen MR) is 107 cm³/mol. The Hall–Kier alpha value is -3.36. The minimum atomic E-state index is 0.245. The van der Waals surface area contributed by atoms with Crippen LogP contribution >= 0.6 is 11.3 Å². The lowest BCUT2D eigenvalue weighted by atomic mass is 10.1. The summed E-state index contributed by atoms with van der Waals surface area (Å²) in [7, 11) is 0. The molecule has 2 aromatic carbocycles. The van der Waals surface area contributed by atoms with Gasteiger partial charge in [-0.1, -0.05) is 36.4 Å². The van der Waals surface area contributed by atoms with Crippen LogP contribution in [0.3, 0.4) is 0 Å². The van der Waals surface area contributed by atoms with E-state index in [0.717, 1.165) is 33.9 Å². The van der Waals surface area contributed by atoms with Gasteiger partial charge in [-0.3, -0.25) is 0 Å². The lowest BCUT2D eigenvalue weighted by Gasteiger charge is -2.00. The van der Waals surface area contributed by atoms with Crippen molar-refractivity contribution in [3.8, 4) is 28.8 Å². The summed E-state index contributed by atoms with van der Waals surface area (Å²) < 4.78 is 10.8. The number of nitrogens with zero attached hydrogens (tertiary/aromatic N) is 2. The number of fused-ring (bicyclic) bond motifs is 1. The first-order valence-electron chi connectivity index (χ1n) is 8.44. The SMILES string of the molecule is CC(=Cc1ccccc1)C=C(C#N)c1nc(-c2ccc3c(c2)OCO3)cs1. The molecule has 0 amide bonds. The van der Waals surface area contributed by atoms with Crippen LogP contribution in [-0.2, 0) is 0 Å². The smallest absolute Gasteiger partial charge is 0.231 e. The largest absolute Gasteiger partial charge is 0.454 e. The Morgan fingerprint density at radius 3 is 2.78 bits per heavy atom. The fourth-order valence-corrected chi connectivity index (χ4v) is 3.60. The Bertz CT molecular complexity index is 1080. The van der Waals surface area contributed by atoms with Gasteiger partial charge in [-0.05, 0) is 42.3 Å².